The number of carbonyl (C=O) groups excluding carboxylic acids is 1. The third kappa shape index (κ3) is 5.75. The summed E-state index contributed by atoms with van der Waals surface area (Å²) in [5.74, 6) is 0.0633. The van der Waals surface area contributed by atoms with Crippen LogP contribution in [-0.4, -0.2) is 57.2 Å². The molecule has 2 aliphatic rings. The molecule has 2 aliphatic heterocycles. The highest BCUT2D eigenvalue weighted by Crippen LogP contribution is 2.31. The molecule has 0 radical (unpaired) electrons. The number of aryl methyl sites for hydroxylation is 1. The zero-order valence-corrected chi connectivity index (χ0v) is 20.6. The van der Waals surface area contributed by atoms with Crippen LogP contribution < -0.4 is 10.2 Å². The number of hydrogen-bond acceptors (Lipinski definition) is 4. The van der Waals surface area contributed by atoms with Crippen molar-refractivity contribution < 1.29 is 9.53 Å². The molecule has 0 saturated carbocycles. The van der Waals surface area contributed by atoms with Gasteiger partial charge in [0.2, 0.25) is 5.91 Å². The Labute approximate surface area is 208 Å². The minimum absolute atomic E-state index is 0.0633. The molecule has 35 heavy (non-hydrogen) atoms. The highest BCUT2D eigenvalue weighted by molar-refractivity contribution is 5.79. The lowest BCUT2D eigenvalue weighted by Crippen LogP contribution is -2.44. The molecule has 1 atom stereocenters. The number of carbonyl (C=O) groups is 1. The highest BCUT2D eigenvalue weighted by atomic mass is 16.5. The molecule has 0 aromatic heterocycles. The van der Waals surface area contributed by atoms with E-state index >= 15 is 0 Å². The van der Waals surface area contributed by atoms with Gasteiger partial charge in [0, 0.05) is 38.9 Å². The number of morpholine rings is 1. The van der Waals surface area contributed by atoms with Gasteiger partial charge in [0.1, 0.15) is 0 Å². The van der Waals surface area contributed by atoms with Crippen LogP contribution in [0.2, 0.25) is 0 Å². The molecule has 1 N–H and O–H groups in total. The highest BCUT2D eigenvalue weighted by Gasteiger charge is 2.25. The number of nitrogens with zero attached hydrogens (tertiary/aromatic N) is 2. The summed E-state index contributed by atoms with van der Waals surface area (Å²) in [6.45, 7) is 4.98. The molecule has 182 valence electrons. The van der Waals surface area contributed by atoms with E-state index < -0.39 is 0 Å². The predicted octanol–water partition coefficient (Wildman–Crippen LogP) is 4.47. The van der Waals surface area contributed by atoms with Crippen molar-refractivity contribution in [1.82, 2.24) is 10.2 Å². The number of nitrogens with one attached hydrogen (secondary N) is 1. The second-order valence-electron chi connectivity index (χ2n) is 9.62. The van der Waals surface area contributed by atoms with Gasteiger partial charge in [-0.2, -0.15) is 0 Å². The molecule has 0 aliphatic carbocycles. The van der Waals surface area contributed by atoms with Crippen LogP contribution in [0, 0.1) is 0 Å². The Bertz CT molecular complexity index is 1120. The molecule has 1 saturated heterocycles. The average Bonchev–Trinajstić information content (AvgIpc) is 2.90. The van der Waals surface area contributed by atoms with Crippen molar-refractivity contribution in [3.05, 3.63) is 89.5 Å². The van der Waals surface area contributed by atoms with Crippen molar-refractivity contribution in [1.29, 1.82) is 0 Å². The van der Waals surface area contributed by atoms with Gasteiger partial charge in [-0.05, 0) is 46.7 Å². The third-order valence-electron chi connectivity index (χ3n) is 7.24. The third-order valence-corrected chi connectivity index (χ3v) is 7.24. The summed E-state index contributed by atoms with van der Waals surface area (Å²) >= 11 is 0. The van der Waals surface area contributed by atoms with E-state index in [0.29, 0.717) is 13.0 Å². The van der Waals surface area contributed by atoms with Gasteiger partial charge >= 0.3 is 0 Å². The quantitative estimate of drug-likeness (QED) is 0.555. The first kappa shape index (κ1) is 23.6. The lowest BCUT2D eigenvalue weighted by atomic mass is 9.95. The summed E-state index contributed by atoms with van der Waals surface area (Å²) in [5, 5.41) is 3.23. The molecule has 3 aromatic carbocycles. The fourth-order valence-electron chi connectivity index (χ4n) is 5.26. The SMILES string of the molecule is CN1CCCc2cc(C(CNC(=O)Cc3ccc(-c4ccccc4)cc3)N3CCOCC3)ccc21. The Morgan fingerprint density at radius 1 is 0.943 bits per heavy atom. The van der Waals surface area contributed by atoms with E-state index in [9.17, 15) is 4.79 Å². The van der Waals surface area contributed by atoms with Crippen LogP contribution in [0.25, 0.3) is 11.1 Å². The van der Waals surface area contributed by atoms with Gasteiger partial charge in [-0.25, -0.2) is 0 Å². The summed E-state index contributed by atoms with van der Waals surface area (Å²) in [5.41, 5.74) is 7.42. The minimum atomic E-state index is 0.0633. The first-order valence-electron chi connectivity index (χ1n) is 12.7. The largest absolute Gasteiger partial charge is 0.379 e. The van der Waals surface area contributed by atoms with E-state index in [1.54, 1.807) is 0 Å². The summed E-state index contributed by atoms with van der Waals surface area (Å²) in [4.78, 5) is 17.7. The van der Waals surface area contributed by atoms with E-state index in [-0.39, 0.29) is 11.9 Å². The van der Waals surface area contributed by atoms with Gasteiger partial charge in [0.15, 0.2) is 0 Å². The zero-order chi connectivity index (χ0) is 24.0. The Hall–Kier alpha value is -3.15. The minimum Gasteiger partial charge on any atom is -0.379 e. The maximum atomic E-state index is 12.9. The number of fused-ring (bicyclic) bond motifs is 1. The van der Waals surface area contributed by atoms with Crippen molar-refractivity contribution in [2.75, 3.05) is 51.3 Å². The summed E-state index contributed by atoms with van der Waals surface area (Å²) in [7, 11) is 2.17. The number of amides is 1. The molecule has 3 aromatic rings. The van der Waals surface area contributed by atoms with Crippen LogP contribution in [0.15, 0.2) is 72.8 Å². The zero-order valence-electron chi connectivity index (χ0n) is 20.6. The Morgan fingerprint density at radius 3 is 2.46 bits per heavy atom. The smallest absolute Gasteiger partial charge is 0.224 e. The number of benzene rings is 3. The van der Waals surface area contributed by atoms with Crippen LogP contribution in [0.1, 0.15) is 29.2 Å². The Kier molecular flexibility index (Phi) is 7.45. The van der Waals surface area contributed by atoms with E-state index in [4.69, 9.17) is 4.74 Å². The lowest BCUT2D eigenvalue weighted by molar-refractivity contribution is -0.120. The number of ether oxygens (including phenoxy) is 1. The van der Waals surface area contributed by atoms with Crippen LogP contribution in [0.5, 0.6) is 0 Å². The molecule has 5 nitrogen and oxygen atoms in total. The van der Waals surface area contributed by atoms with Crippen molar-refractivity contribution >= 4 is 11.6 Å². The van der Waals surface area contributed by atoms with Crippen molar-refractivity contribution in [3.63, 3.8) is 0 Å². The molecule has 0 spiro atoms. The van der Waals surface area contributed by atoms with Crippen LogP contribution in [0.4, 0.5) is 5.69 Å². The molecule has 5 heteroatoms. The number of rotatable bonds is 7. The van der Waals surface area contributed by atoms with E-state index in [2.05, 4.69) is 76.8 Å². The van der Waals surface area contributed by atoms with Gasteiger partial charge in [-0.15, -0.1) is 0 Å². The first-order chi connectivity index (χ1) is 17.2. The van der Waals surface area contributed by atoms with Crippen LogP contribution in [-0.2, 0) is 22.4 Å². The van der Waals surface area contributed by atoms with E-state index in [1.165, 1.54) is 34.4 Å². The fraction of sp³-hybridized carbons (Fsp3) is 0.367. The predicted molar refractivity (Wildman–Crippen MR) is 142 cm³/mol. The molecule has 0 bridgehead atoms. The van der Waals surface area contributed by atoms with E-state index in [1.807, 2.05) is 18.2 Å². The van der Waals surface area contributed by atoms with E-state index in [0.717, 1.165) is 44.8 Å². The maximum Gasteiger partial charge on any atom is 0.224 e. The summed E-state index contributed by atoms with van der Waals surface area (Å²) in [6.07, 6.45) is 2.70. The molecule has 2 heterocycles. The van der Waals surface area contributed by atoms with Gasteiger partial charge in [-0.3, -0.25) is 9.69 Å². The molecule has 1 unspecified atom stereocenters. The molecule has 1 amide bonds. The normalized spacial score (nSPS) is 17.0. The number of hydrogen-bond donors (Lipinski definition) is 1. The lowest BCUT2D eigenvalue weighted by Gasteiger charge is -2.36. The van der Waals surface area contributed by atoms with Crippen LogP contribution >= 0.6 is 0 Å². The first-order valence-corrected chi connectivity index (χ1v) is 12.7. The van der Waals surface area contributed by atoms with Gasteiger partial charge in [-0.1, -0.05) is 66.7 Å². The Balaban J connectivity index is 1.25. The molecular formula is C30H35N3O2. The van der Waals surface area contributed by atoms with Crippen molar-refractivity contribution in [3.8, 4) is 11.1 Å². The van der Waals surface area contributed by atoms with Gasteiger partial charge in [0.25, 0.3) is 0 Å². The fourth-order valence-corrected chi connectivity index (χ4v) is 5.26. The molecule has 1 fully saturated rings. The summed E-state index contributed by atoms with van der Waals surface area (Å²) < 4.78 is 5.60. The molecule has 5 rings (SSSR count). The topological polar surface area (TPSA) is 44.8 Å². The Morgan fingerprint density at radius 2 is 1.69 bits per heavy atom. The van der Waals surface area contributed by atoms with Gasteiger partial charge in [0.05, 0.1) is 25.7 Å². The molecular weight excluding hydrogens is 434 g/mol. The van der Waals surface area contributed by atoms with Crippen molar-refractivity contribution in [2.45, 2.75) is 25.3 Å². The summed E-state index contributed by atoms with van der Waals surface area (Å²) in [6, 6.07) is 25.6. The second-order valence-corrected chi connectivity index (χ2v) is 9.62. The van der Waals surface area contributed by atoms with Gasteiger partial charge < -0.3 is 15.0 Å². The number of anilines is 1. The standard InChI is InChI=1S/C30H35N3O2/c1-32-15-5-8-26-21-27(13-14-28(26)32)29(33-16-18-35-19-17-33)22-31-30(34)20-23-9-11-25(12-10-23)24-6-3-2-4-7-24/h2-4,6-7,9-14,21,29H,5,8,15-20,22H2,1H3,(H,31,34). The average molecular weight is 470 g/mol. The maximum absolute atomic E-state index is 12.9. The monoisotopic (exact) mass is 469 g/mol. The van der Waals surface area contributed by atoms with Crippen molar-refractivity contribution in [2.24, 2.45) is 0 Å². The van der Waals surface area contributed by atoms with Crippen LogP contribution in [0.3, 0.4) is 0 Å². The second kappa shape index (κ2) is 11.1.